The Labute approximate surface area is 225 Å². The van der Waals surface area contributed by atoms with Crippen LogP contribution in [0.1, 0.15) is 52.0 Å². The van der Waals surface area contributed by atoms with Crippen LogP contribution in [0.3, 0.4) is 0 Å². The fourth-order valence-corrected chi connectivity index (χ4v) is 5.10. The Morgan fingerprint density at radius 1 is 0.800 bits per heavy atom. The molecule has 0 heterocycles. The topological polar surface area (TPSA) is 9.23 Å². The number of halogens is 9. The van der Waals surface area contributed by atoms with E-state index in [1.807, 2.05) is 54.6 Å². The molecule has 0 aromatic heterocycles. The first-order valence-electron chi connectivity index (χ1n) is 10.3. The van der Waals surface area contributed by atoms with Crippen molar-refractivity contribution in [1.82, 2.24) is 0 Å². The van der Waals surface area contributed by atoms with Crippen molar-refractivity contribution in [1.29, 1.82) is 0 Å². The molecule has 3 rings (SSSR count). The van der Waals surface area contributed by atoms with Crippen LogP contribution in [0, 0.1) is 26.8 Å². The van der Waals surface area contributed by atoms with Crippen molar-refractivity contribution in [3.8, 4) is 5.75 Å². The molecule has 0 amide bonds. The SMILES string of the molecule is Cc1ccc(C)c(Cc2cc(C(F)(F)F)c(OC(C)c3cc(C(F)(F)F)c(F)cc3I)cc2I)c1. The lowest BCUT2D eigenvalue weighted by Crippen LogP contribution is -2.15. The summed E-state index contributed by atoms with van der Waals surface area (Å²) in [5.74, 6) is -1.97. The molecule has 3 aromatic carbocycles. The van der Waals surface area contributed by atoms with Crippen molar-refractivity contribution in [2.24, 2.45) is 0 Å². The minimum Gasteiger partial charge on any atom is -0.485 e. The summed E-state index contributed by atoms with van der Waals surface area (Å²) in [5, 5.41) is 0. The van der Waals surface area contributed by atoms with E-state index in [0.717, 1.165) is 22.8 Å². The number of alkyl halides is 6. The molecule has 35 heavy (non-hydrogen) atoms. The predicted octanol–water partition coefficient (Wildman–Crippen LogP) is 9.42. The van der Waals surface area contributed by atoms with Crippen LogP contribution in [0.5, 0.6) is 5.75 Å². The van der Waals surface area contributed by atoms with Gasteiger partial charge in [0.25, 0.3) is 0 Å². The van der Waals surface area contributed by atoms with E-state index in [1.54, 1.807) is 22.6 Å². The largest absolute Gasteiger partial charge is 0.485 e. The van der Waals surface area contributed by atoms with Gasteiger partial charge in [-0.1, -0.05) is 23.8 Å². The Balaban J connectivity index is 2.03. The molecule has 0 N–H and O–H groups in total. The zero-order valence-electron chi connectivity index (χ0n) is 18.6. The summed E-state index contributed by atoms with van der Waals surface area (Å²) in [6.45, 7) is 5.10. The molecule has 1 nitrogen and oxygen atoms in total. The Bertz CT molecular complexity index is 1250. The lowest BCUT2D eigenvalue weighted by atomic mass is 9.97. The standard InChI is InChI=1S/C25H19F7I2O/c1-12-4-5-13(2)15(6-12)7-16-8-19(25(30,31)32)23(11-21(16)33)35-14(3)17-9-18(24(27,28)29)20(26)10-22(17)34/h4-6,8-11,14H,7H2,1-3H3. The van der Waals surface area contributed by atoms with E-state index in [4.69, 9.17) is 4.74 Å². The average Bonchev–Trinajstić information content (AvgIpc) is 2.70. The smallest absolute Gasteiger partial charge is 0.419 e. The van der Waals surface area contributed by atoms with Gasteiger partial charge in [-0.25, -0.2) is 4.39 Å². The van der Waals surface area contributed by atoms with Gasteiger partial charge in [-0.2, -0.15) is 26.3 Å². The Hall–Kier alpha value is -1.57. The number of benzene rings is 3. The minimum atomic E-state index is -4.95. The highest BCUT2D eigenvalue weighted by molar-refractivity contribution is 14.1. The van der Waals surface area contributed by atoms with Crippen molar-refractivity contribution in [3.63, 3.8) is 0 Å². The summed E-state index contributed by atoms with van der Waals surface area (Å²) in [6, 6.07) is 9.27. The molecule has 0 spiro atoms. The van der Waals surface area contributed by atoms with Gasteiger partial charge in [0, 0.05) is 12.7 Å². The molecule has 3 aromatic rings. The molecule has 0 saturated carbocycles. The second-order valence-electron chi connectivity index (χ2n) is 8.16. The van der Waals surface area contributed by atoms with Crippen molar-refractivity contribution in [2.45, 2.75) is 45.6 Å². The van der Waals surface area contributed by atoms with Gasteiger partial charge in [-0.05, 0) is 113 Å². The van der Waals surface area contributed by atoms with E-state index in [1.165, 1.54) is 13.0 Å². The lowest BCUT2D eigenvalue weighted by molar-refractivity contribution is -0.140. The molecule has 188 valence electrons. The minimum absolute atomic E-state index is 0.0677. The van der Waals surface area contributed by atoms with E-state index < -0.39 is 41.2 Å². The third kappa shape index (κ3) is 6.60. The molecule has 0 aliphatic carbocycles. The highest BCUT2D eigenvalue weighted by Gasteiger charge is 2.37. The Kier molecular flexibility index (Phi) is 8.34. The third-order valence-corrected chi connectivity index (χ3v) is 7.41. The monoisotopic (exact) mass is 722 g/mol. The summed E-state index contributed by atoms with van der Waals surface area (Å²) >= 11 is 3.55. The first-order valence-corrected chi connectivity index (χ1v) is 12.4. The second-order valence-corrected chi connectivity index (χ2v) is 10.5. The van der Waals surface area contributed by atoms with E-state index in [2.05, 4.69) is 0 Å². The lowest BCUT2D eigenvalue weighted by Gasteiger charge is -2.22. The van der Waals surface area contributed by atoms with Gasteiger partial charge >= 0.3 is 12.4 Å². The maximum Gasteiger partial charge on any atom is 0.419 e. The first kappa shape index (κ1) is 28.0. The van der Waals surface area contributed by atoms with Gasteiger partial charge in [0.15, 0.2) is 0 Å². The molecule has 1 unspecified atom stereocenters. The van der Waals surface area contributed by atoms with Crippen LogP contribution in [-0.4, -0.2) is 0 Å². The number of aryl methyl sites for hydroxylation is 2. The van der Waals surface area contributed by atoms with Crippen LogP contribution in [0.25, 0.3) is 0 Å². The molecule has 0 aliphatic heterocycles. The van der Waals surface area contributed by atoms with Crippen LogP contribution >= 0.6 is 45.2 Å². The van der Waals surface area contributed by atoms with E-state index in [-0.39, 0.29) is 15.6 Å². The van der Waals surface area contributed by atoms with Crippen LogP contribution in [-0.2, 0) is 18.8 Å². The summed E-state index contributed by atoms with van der Waals surface area (Å²) in [6.07, 6.45) is -10.6. The van der Waals surface area contributed by atoms with Gasteiger partial charge < -0.3 is 4.74 Å². The molecule has 0 bridgehead atoms. The number of rotatable bonds is 5. The first-order chi connectivity index (χ1) is 16.1. The maximum absolute atomic E-state index is 14.0. The Morgan fingerprint density at radius 2 is 1.43 bits per heavy atom. The summed E-state index contributed by atoms with van der Waals surface area (Å²) < 4.78 is 101. The fraction of sp³-hybridized carbons (Fsp3) is 0.280. The average molecular weight is 722 g/mol. The zero-order chi connectivity index (χ0) is 26.3. The van der Waals surface area contributed by atoms with Crippen molar-refractivity contribution >= 4 is 45.2 Å². The molecule has 0 radical (unpaired) electrons. The molecule has 1 atom stereocenters. The van der Waals surface area contributed by atoms with E-state index >= 15 is 0 Å². The highest BCUT2D eigenvalue weighted by atomic mass is 127. The molecule has 0 aliphatic rings. The summed E-state index contributed by atoms with van der Waals surface area (Å²) in [7, 11) is 0. The van der Waals surface area contributed by atoms with Gasteiger partial charge in [0.1, 0.15) is 17.7 Å². The van der Waals surface area contributed by atoms with Crippen molar-refractivity contribution in [2.75, 3.05) is 0 Å². The molecule has 10 heteroatoms. The third-order valence-electron chi connectivity index (χ3n) is 5.47. The normalized spacial score (nSPS) is 13.1. The predicted molar refractivity (Wildman–Crippen MR) is 136 cm³/mol. The van der Waals surface area contributed by atoms with Gasteiger partial charge in [0.2, 0.25) is 0 Å². The Morgan fingerprint density at radius 3 is 2.03 bits per heavy atom. The van der Waals surface area contributed by atoms with Crippen molar-refractivity contribution in [3.05, 3.63) is 94.4 Å². The highest BCUT2D eigenvalue weighted by Crippen LogP contribution is 2.42. The van der Waals surface area contributed by atoms with Crippen molar-refractivity contribution < 1.29 is 35.5 Å². The number of hydrogen-bond donors (Lipinski definition) is 0. The second kappa shape index (κ2) is 10.4. The number of hydrogen-bond acceptors (Lipinski definition) is 1. The van der Waals surface area contributed by atoms with Gasteiger partial charge in [-0.15, -0.1) is 0 Å². The summed E-state index contributed by atoms with van der Waals surface area (Å²) in [5.41, 5.74) is 0.664. The molecular formula is C25H19F7I2O. The fourth-order valence-electron chi connectivity index (χ4n) is 3.60. The maximum atomic E-state index is 14.0. The van der Waals surface area contributed by atoms with Crippen LogP contribution in [0.2, 0.25) is 0 Å². The molecular weight excluding hydrogens is 703 g/mol. The van der Waals surface area contributed by atoms with E-state index in [9.17, 15) is 30.7 Å². The molecule has 0 saturated heterocycles. The molecule has 0 fully saturated rings. The van der Waals surface area contributed by atoms with Gasteiger partial charge in [0.05, 0.1) is 11.1 Å². The van der Waals surface area contributed by atoms with Crippen LogP contribution in [0.15, 0.2) is 42.5 Å². The number of ether oxygens (including phenoxy) is 1. The van der Waals surface area contributed by atoms with E-state index in [0.29, 0.717) is 21.3 Å². The van der Waals surface area contributed by atoms with Gasteiger partial charge in [-0.3, -0.25) is 0 Å². The van der Waals surface area contributed by atoms with Crippen LogP contribution < -0.4 is 4.74 Å². The van der Waals surface area contributed by atoms with Crippen LogP contribution in [0.4, 0.5) is 30.7 Å². The zero-order valence-corrected chi connectivity index (χ0v) is 23.0. The quantitative estimate of drug-likeness (QED) is 0.189. The summed E-state index contributed by atoms with van der Waals surface area (Å²) in [4.78, 5) is 0.